The van der Waals surface area contributed by atoms with Crippen LogP contribution >= 0.6 is 15.9 Å². The summed E-state index contributed by atoms with van der Waals surface area (Å²) < 4.78 is 0. The average Bonchev–Trinajstić information content (AvgIpc) is 2.20. The van der Waals surface area contributed by atoms with Crippen LogP contribution in [0.2, 0.25) is 0 Å². The van der Waals surface area contributed by atoms with Gasteiger partial charge in [0, 0.05) is 28.6 Å². The second-order valence-electron chi connectivity index (χ2n) is 3.10. The van der Waals surface area contributed by atoms with Crippen LogP contribution in [0.3, 0.4) is 0 Å². The first kappa shape index (κ1) is 11.8. The Hall–Kier alpha value is -1.27. The molecule has 0 saturated heterocycles. The van der Waals surface area contributed by atoms with Crippen LogP contribution in [-0.4, -0.2) is 11.1 Å². The number of rotatable bonds is 2. The topological polar surface area (TPSA) is 43.1 Å². The smallest absolute Gasteiger partial charge is 0.161 e. The number of anilines is 1. The lowest BCUT2D eigenvalue weighted by atomic mass is 10.1. The summed E-state index contributed by atoms with van der Waals surface area (Å²) in [7, 11) is 0. The number of halogens is 1. The van der Waals surface area contributed by atoms with Crippen molar-refractivity contribution in [3.8, 4) is 11.8 Å². The molecule has 0 fully saturated rings. The highest BCUT2D eigenvalue weighted by Crippen LogP contribution is 2.14. The third kappa shape index (κ3) is 3.41. The molecule has 1 aromatic carbocycles. The average molecular weight is 266 g/mol. The van der Waals surface area contributed by atoms with E-state index in [0.29, 0.717) is 11.3 Å². The highest BCUT2D eigenvalue weighted by atomic mass is 79.9. The Balaban J connectivity index is 2.99. The molecule has 78 valence electrons. The molecule has 0 aliphatic rings. The minimum atomic E-state index is -0.0309. The number of benzene rings is 1. The minimum Gasteiger partial charge on any atom is -0.398 e. The maximum Gasteiger partial charge on any atom is 0.161 e. The van der Waals surface area contributed by atoms with Crippen LogP contribution in [0.4, 0.5) is 5.69 Å². The van der Waals surface area contributed by atoms with Gasteiger partial charge in [0.15, 0.2) is 5.78 Å². The summed E-state index contributed by atoms with van der Waals surface area (Å²) in [6, 6.07) is 5.27. The summed E-state index contributed by atoms with van der Waals surface area (Å²) in [5.41, 5.74) is 7.55. The molecule has 0 atom stereocenters. The largest absolute Gasteiger partial charge is 0.398 e. The Bertz CT molecular complexity index is 429. The number of nitrogens with two attached hydrogens (primary N) is 1. The predicted octanol–water partition coefficient (Wildman–Crippen LogP) is 2.61. The van der Waals surface area contributed by atoms with Crippen molar-refractivity contribution in [3.05, 3.63) is 29.3 Å². The van der Waals surface area contributed by atoms with Gasteiger partial charge in [-0.25, -0.2) is 0 Å². The molecule has 0 aromatic heterocycles. The summed E-state index contributed by atoms with van der Waals surface area (Å²) in [5, 5.41) is 0.856. The number of carbonyl (C=O) groups is 1. The maximum absolute atomic E-state index is 11.2. The fourth-order valence-corrected chi connectivity index (χ4v) is 1.35. The van der Waals surface area contributed by atoms with Gasteiger partial charge in [-0.15, -0.1) is 0 Å². The van der Waals surface area contributed by atoms with E-state index in [1.54, 1.807) is 12.1 Å². The Kier molecular flexibility index (Phi) is 4.38. The highest BCUT2D eigenvalue weighted by molar-refractivity contribution is 9.09. The summed E-state index contributed by atoms with van der Waals surface area (Å²) >= 11 is 3.30. The van der Waals surface area contributed by atoms with Crippen molar-refractivity contribution in [2.75, 3.05) is 11.1 Å². The summed E-state index contributed by atoms with van der Waals surface area (Å²) in [5.74, 6) is 5.94. The van der Waals surface area contributed by atoms with Gasteiger partial charge in [-0.3, -0.25) is 4.79 Å². The number of ketones is 1. The van der Waals surface area contributed by atoms with Crippen LogP contribution in [0.1, 0.15) is 29.3 Å². The zero-order valence-corrected chi connectivity index (χ0v) is 10.1. The zero-order valence-electron chi connectivity index (χ0n) is 8.51. The Morgan fingerprint density at radius 1 is 1.53 bits per heavy atom. The third-order valence-electron chi connectivity index (χ3n) is 1.88. The number of alkyl halides is 1. The van der Waals surface area contributed by atoms with Gasteiger partial charge in [0.1, 0.15) is 0 Å². The van der Waals surface area contributed by atoms with E-state index in [9.17, 15) is 4.79 Å². The van der Waals surface area contributed by atoms with Crippen LogP contribution in [0.15, 0.2) is 18.2 Å². The van der Waals surface area contributed by atoms with E-state index >= 15 is 0 Å². The van der Waals surface area contributed by atoms with Gasteiger partial charge in [0.2, 0.25) is 0 Å². The van der Waals surface area contributed by atoms with Crippen molar-refractivity contribution in [2.24, 2.45) is 0 Å². The Labute approximate surface area is 98.0 Å². The molecule has 0 unspecified atom stereocenters. The predicted molar refractivity (Wildman–Crippen MR) is 66.1 cm³/mol. The molecule has 2 nitrogen and oxygen atoms in total. The number of hydrogen-bond acceptors (Lipinski definition) is 2. The zero-order chi connectivity index (χ0) is 11.3. The van der Waals surface area contributed by atoms with E-state index in [-0.39, 0.29) is 5.78 Å². The van der Waals surface area contributed by atoms with Crippen LogP contribution < -0.4 is 5.73 Å². The molecular weight excluding hydrogens is 254 g/mol. The van der Waals surface area contributed by atoms with Gasteiger partial charge in [0.05, 0.1) is 0 Å². The quantitative estimate of drug-likeness (QED) is 0.387. The van der Waals surface area contributed by atoms with Crippen molar-refractivity contribution in [2.45, 2.75) is 13.3 Å². The molecule has 0 saturated carbocycles. The third-order valence-corrected chi connectivity index (χ3v) is 2.28. The molecule has 0 aliphatic carbocycles. The standard InChI is InChI=1S/C12H12BrNO/c1-9(15)11-8-10(4-2-3-7-13)5-6-12(11)14/h5-6,8H,3,7,14H2,1H3. The molecule has 3 heteroatoms. The molecule has 2 N–H and O–H groups in total. The van der Waals surface area contributed by atoms with Crippen LogP contribution in [0, 0.1) is 11.8 Å². The van der Waals surface area contributed by atoms with E-state index in [1.165, 1.54) is 6.92 Å². The number of hydrogen-bond donors (Lipinski definition) is 1. The number of carbonyl (C=O) groups excluding carboxylic acids is 1. The van der Waals surface area contributed by atoms with E-state index in [2.05, 4.69) is 27.8 Å². The lowest BCUT2D eigenvalue weighted by Crippen LogP contribution is -1.99. The summed E-state index contributed by atoms with van der Waals surface area (Å²) in [6.45, 7) is 1.50. The van der Waals surface area contributed by atoms with Gasteiger partial charge in [-0.2, -0.15) is 0 Å². The molecule has 0 heterocycles. The number of nitrogen functional groups attached to an aromatic ring is 1. The minimum absolute atomic E-state index is 0.0309. The van der Waals surface area contributed by atoms with E-state index in [1.807, 2.05) is 6.07 Å². The van der Waals surface area contributed by atoms with Crippen LogP contribution in [-0.2, 0) is 0 Å². The first-order valence-corrected chi connectivity index (χ1v) is 5.72. The molecule has 1 aromatic rings. The van der Waals surface area contributed by atoms with Crippen molar-refractivity contribution < 1.29 is 4.79 Å². The SMILES string of the molecule is CC(=O)c1cc(C#CCCBr)ccc1N. The lowest BCUT2D eigenvalue weighted by molar-refractivity contribution is 0.101. The first-order valence-electron chi connectivity index (χ1n) is 4.60. The molecule has 0 bridgehead atoms. The second-order valence-corrected chi connectivity index (χ2v) is 3.89. The van der Waals surface area contributed by atoms with Crippen LogP contribution in [0.5, 0.6) is 0 Å². The van der Waals surface area contributed by atoms with E-state index < -0.39 is 0 Å². The summed E-state index contributed by atoms with van der Waals surface area (Å²) in [6.07, 6.45) is 0.791. The molecule has 0 radical (unpaired) electrons. The van der Waals surface area contributed by atoms with E-state index in [0.717, 1.165) is 17.3 Å². The monoisotopic (exact) mass is 265 g/mol. The molecule has 0 spiro atoms. The Morgan fingerprint density at radius 3 is 2.87 bits per heavy atom. The molecule has 1 rings (SSSR count). The van der Waals surface area contributed by atoms with Crippen LogP contribution in [0.25, 0.3) is 0 Å². The van der Waals surface area contributed by atoms with Crippen molar-refractivity contribution in [1.29, 1.82) is 0 Å². The summed E-state index contributed by atoms with van der Waals surface area (Å²) in [4.78, 5) is 11.2. The fourth-order valence-electron chi connectivity index (χ4n) is 1.15. The maximum atomic E-state index is 11.2. The normalized spacial score (nSPS) is 9.20. The lowest BCUT2D eigenvalue weighted by Gasteiger charge is -2.01. The first-order chi connectivity index (χ1) is 7.15. The highest BCUT2D eigenvalue weighted by Gasteiger charge is 2.04. The van der Waals surface area contributed by atoms with Gasteiger partial charge in [-0.1, -0.05) is 27.8 Å². The van der Waals surface area contributed by atoms with Crippen molar-refractivity contribution in [3.63, 3.8) is 0 Å². The fraction of sp³-hybridized carbons (Fsp3) is 0.250. The molecular formula is C12H12BrNO. The van der Waals surface area contributed by atoms with E-state index in [4.69, 9.17) is 5.73 Å². The molecule has 0 aliphatic heterocycles. The van der Waals surface area contributed by atoms with Gasteiger partial charge >= 0.3 is 0 Å². The van der Waals surface area contributed by atoms with Crippen molar-refractivity contribution >= 4 is 27.4 Å². The molecule has 0 amide bonds. The second kappa shape index (κ2) is 5.57. The van der Waals surface area contributed by atoms with Crippen molar-refractivity contribution in [1.82, 2.24) is 0 Å². The molecule has 15 heavy (non-hydrogen) atoms. The Morgan fingerprint density at radius 2 is 2.27 bits per heavy atom. The van der Waals surface area contributed by atoms with Gasteiger partial charge < -0.3 is 5.73 Å². The number of Topliss-reactive ketones (excluding diaryl/α,β-unsaturated/α-hetero) is 1. The van der Waals surface area contributed by atoms with Gasteiger partial charge in [0.25, 0.3) is 0 Å². The van der Waals surface area contributed by atoms with Gasteiger partial charge in [-0.05, 0) is 25.1 Å².